The highest BCUT2D eigenvalue weighted by molar-refractivity contribution is 5.82. The highest BCUT2D eigenvalue weighted by Gasteiger charge is 2.58. The molecule has 4 fully saturated rings. The number of carbonyl (C=O) groups excluding carboxylic acids is 1. The van der Waals surface area contributed by atoms with E-state index >= 15 is 0 Å². The van der Waals surface area contributed by atoms with Gasteiger partial charge in [-0.05, 0) is 104 Å². The number of ketones is 1. The average molecular weight is 420 g/mol. The monoisotopic (exact) mass is 419 g/mol. The van der Waals surface area contributed by atoms with E-state index in [-0.39, 0.29) is 11.3 Å². The van der Waals surface area contributed by atoms with E-state index in [9.17, 15) is 4.79 Å². The van der Waals surface area contributed by atoms with Gasteiger partial charge in [0.15, 0.2) is 11.4 Å². The summed E-state index contributed by atoms with van der Waals surface area (Å²) in [6.45, 7) is 5.34. The van der Waals surface area contributed by atoms with E-state index in [1.54, 1.807) is 6.20 Å². The average Bonchev–Trinajstić information content (AvgIpc) is 3.33. The van der Waals surface area contributed by atoms with Crippen LogP contribution in [0.4, 0.5) is 0 Å². The molecule has 4 nitrogen and oxygen atoms in total. The third-order valence-electron chi connectivity index (χ3n) is 10.3. The molecular formula is C27H37N3O. The van der Waals surface area contributed by atoms with Crippen molar-refractivity contribution in [3.8, 4) is 0 Å². The number of hydrogen-bond donors (Lipinski definition) is 0. The molecule has 2 heterocycles. The van der Waals surface area contributed by atoms with Crippen molar-refractivity contribution in [2.75, 3.05) is 0 Å². The smallest absolute Gasteiger partial charge is 0.181 e. The zero-order valence-electron chi connectivity index (χ0n) is 19.2. The lowest BCUT2D eigenvalue weighted by atomic mass is 9.49. The fraction of sp³-hybridized carbons (Fsp3) is 0.741. The largest absolute Gasteiger partial charge is 0.297 e. The number of aromatic nitrogens is 3. The summed E-state index contributed by atoms with van der Waals surface area (Å²) in [4.78, 5) is 17.8. The van der Waals surface area contributed by atoms with Crippen molar-refractivity contribution in [3.63, 3.8) is 0 Å². The van der Waals surface area contributed by atoms with Gasteiger partial charge in [0.1, 0.15) is 0 Å². The summed E-state index contributed by atoms with van der Waals surface area (Å²) in [7, 11) is 0. The fourth-order valence-corrected chi connectivity index (χ4v) is 8.87. The maximum atomic E-state index is 13.5. The first-order valence-corrected chi connectivity index (χ1v) is 12.8. The summed E-state index contributed by atoms with van der Waals surface area (Å²) >= 11 is 0. The molecule has 0 amide bonds. The predicted octanol–water partition coefficient (Wildman–Crippen LogP) is 5.91. The molecule has 4 saturated carbocycles. The van der Waals surface area contributed by atoms with Gasteiger partial charge in [0.25, 0.3) is 0 Å². The molecule has 0 saturated heterocycles. The molecule has 4 heteroatoms. The number of rotatable bonds is 3. The standard InChI is InChI=1S/C27H37N3O/c1-17-5-7-20-18(14-17)6-8-22-21(20)11-12-27(2)23(22)9-10-24(27)25(31)16-30-15-19-4-3-13-28-26(19)29-30/h3-4,13,15,17-18,20-24H,5-12,14,16H2,1-2H3. The van der Waals surface area contributed by atoms with Crippen LogP contribution in [0.5, 0.6) is 0 Å². The topological polar surface area (TPSA) is 47.8 Å². The minimum atomic E-state index is 0.206. The van der Waals surface area contributed by atoms with Crippen LogP contribution in [0.25, 0.3) is 11.0 Å². The van der Waals surface area contributed by atoms with Gasteiger partial charge in [-0.1, -0.05) is 20.3 Å². The first-order chi connectivity index (χ1) is 15.0. The van der Waals surface area contributed by atoms with Crippen molar-refractivity contribution in [3.05, 3.63) is 24.5 Å². The van der Waals surface area contributed by atoms with Crippen molar-refractivity contribution in [2.45, 2.75) is 78.2 Å². The molecule has 4 aliphatic carbocycles. The normalized spacial score (nSPS) is 42.1. The molecule has 0 spiro atoms. The van der Waals surface area contributed by atoms with Crippen LogP contribution >= 0.6 is 0 Å². The second kappa shape index (κ2) is 7.42. The zero-order valence-corrected chi connectivity index (χ0v) is 19.2. The number of hydrogen-bond acceptors (Lipinski definition) is 3. The second-order valence-corrected chi connectivity index (χ2v) is 11.7. The highest BCUT2D eigenvalue weighted by Crippen LogP contribution is 2.64. The maximum Gasteiger partial charge on any atom is 0.181 e. The Kier molecular flexibility index (Phi) is 4.77. The van der Waals surface area contributed by atoms with Crippen LogP contribution in [0.2, 0.25) is 0 Å². The van der Waals surface area contributed by atoms with Crippen LogP contribution in [0.3, 0.4) is 0 Å². The first-order valence-electron chi connectivity index (χ1n) is 12.8. The van der Waals surface area contributed by atoms with Crippen molar-refractivity contribution in [2.24, 2.45) is 46.8 Å². The van der Waals surface area contributed by atoms with Crippen LogP contribution in [0, 0.1) is 46.8 Å². The van der Waals surface area contributed by atoms with Gasteiger partial charge in [0.2, 0.25) is 0 Å². The Bertz CT molecular complexity index is 949. The summed E-state index contributed by atoms with van der Waals surface area (Å²) < 4.78 is 1.83. The third-order valence-corrected chi connectivity index (χ3v) is 10.3. The Labute approximate surface area is 186 Å². The van der Waals surface area contributed by atoms with Gasteiger partial charge in [-0.2, -0.15) is 5.10 Å². The minimum absolute atomic E-state index is 0.206. The van der Waals surface area contributed by atoms with Crippen LogP contribution in [-0.4, -0.2) is 20.5 Å². The Hall–Kier alpha value is -1.71. The van der Waals surface area contributed by atoms with Crippen LogP contribution in [-0.2, 0) is 11.3 Å². The molecule has 0 aromatic carbocycles. The second-order valence-electron chi connectivity index (χ2n) is 11.7. The molecule has 31 heavy (non-hydrogen) atoms. The number of Topliss-reactive ketones (excluding diaryl/α,β-unsaturated/α-hetero) is 1. The van der Waals surface area contributed by atoms with E-state index < -0.39 is 0 Å². The molecule has 0 radical (unpaired) electrons. The Morgan fingerprint density at radius 3 is 2.84 bits per heavy atom. The van der Waals surface area contributed by atoms with Crippen molar-refractivity contribution in [1.82, 2.24) is 14.8 Å². The van der Waals surface area contributed by atoms with E-state index in [2.05, 4.69) is 23.9 Å². The van der Waals surface area contributed by atoms with Gasteiger partial charge in [0, 0.05) is 23.7 Å². The van der Waals surface area contributed by atoms with Crippen LogP contribution in [0.15, 0.2) is 24.5 Å². The van der Waals surface area contributed by atoms with Crippen LogP contribution in [0.1, 0.15) is 71.6 Å². The Balaban J connectivity index is 1.19. The van der Waals surface area contributed by atoms with Crippen molar-refractivity contribution in [1.29, 1.82) is 0 Å². The van der Waals surface area contributed by atoms with Gasteiger partial charge in [0.05, 0.1) is 6.54 Å². The summed E-state index contributed by atoms with van der Waals surface area (Å²) in [6.07, 6.45) is 16.0. The molecule has 166 valence electrons. The Morgan fingerprint density at radius 2 is 1.97 bits per heavy atom. The van der Waals surface area contributed by atoms with E-state index in [0.717, 1.165) is 53.0 Å². The first kappa shape index (κ1) is 19.9. The molecule has 0 bridgehead atoms. The maximum absolute atomic E-state index is 13.5. The molecule has 2 aromatic rings. The van der Waals surface area contributed by atoms with Gasteiger partial charge in [-0.25, -0.2) is 4.98 Å². The van der Waals surface area contributed by atoms with E-state index in [1.165, 1.54) is 51.4 Å². The number of fused-ring (bicyclic) bond motifs is 6. The van der Waals surface area contributed by atoms with Crippen molar-refractivity contribution < 1.29 is 4.79 Å². The summed E-state index contributed by atoms with van der Waals surface area (Å²) in [5.74, 6) is 6.12. The van der Waals surface area contributed by atoms with Crippen LogP contribution < -0.4 is 0 Å². The minimum Gasteiger partial charge on any atom is -0.297 e. The van der Waals surface area contributed by atoms with Gasteiger partial charge < -0.3 is 0 Å². The number of nitrogens with zero attached hydrogens (tertiary/aromatic N) is 3. The van der Waals surface area contributed by atoms with E-state index in [0.29, 0.717) is 12.3 Å². The molecule has 4 aliphatic rings. The number of pyridine rings is 1. The SMILES string of the molecule is CC1CCC2C(CCC3C2CCC2(C)C(C(=O)Cn4cc5cccnc5n4)CCC32)C1. The zero-order chi connectivity index (χ0) is 21.2. The fourth-order valence-electron chi connectivity index (χ4n) is 8.87. The van der Waals surface area contributed by atoms with Gasteiger partial charge >= 0.3 is 0 Å². The predicted molar refractivity (Wildman–Crippen MR) is 122 cm³/mol. The highest BCUT2D eigenvalue weighted by atomic mass is 16.1. The molecule has 6 rings (SSSR count). The van der Waals surface area contributed by atoms with E-state index in [1.807, 2.05) is 23.0 Å². The molecule has 8 unspecified atom stereocenters. The lowest BCUT2D eigenvalue weighted by Gasteiger charge is -2.56. The molecule has 0 aliphatic heterocycles. The van der Waals surface area contributed by atoms with Crippen molar-refractivity contribution >= 4 is 16.8 Å². The summed E-state index contributed by atoms with van der Waals surface area (Å²) in [5, 5.41) is 5.57. The van der Waals surface area contributed by atoms with Gasteiger partial charge in [-0.3, -0.25) is 9.48 Å². The third kappa shape index (κ3) is 3.19. The lowest BCUT2D eigenvalue weighted by molar-refractivity contribution is -0.131. The number of carbonyl (C=O) groups is 1. The molecular weight excluding hydrogens is 382 g/mol. The van der Waals surface area contributed by atoms with Gasteiger partial charge in [-0.15, -0.1) is 0 Å². The lowest BCUT2D eigenvalue weighted by Crippen LogP contribution is -2.49. The quantitative estimate of drug-likeness (QED) is 0.622. The molecule has 2 aromatic heterocycles. The Morgan fingerprint density at radius 1 is 1.10 bits per heavy atom. The summed E-state index contributed by atoms with van der Waals surface area (Å²) in [6, 6.07) is 3.95. The molecule has 0 N–H and O–H groups in total. The molecule has 8 atom stereocenters. The van der Waals surface area contributed by atoms with E-state index in [4.69, 9.17) is 0 Å². The summed E-state index contributed by atoms with van der Waals surface area (Å²) in [5.41, 5.74) is 0.947.